The van der Waals surface area contributed by atoms with E-state index in [1.165, 1.54) is 5.56 Å². The first-order valence-corrected chi connectivity index (χ1v) is 9.19. The summed E-state index contributed by atoms with van der Waals surface area (Å²) in [6.45, 7) is 3.67. The second kappa shape index (κ2) is 6.13. The highest BCUT2D eigenvalue weighted by molar-refractivity contribution is 8.01. The molecule has 2 aliphatic heterocycles. The van der Waals surface area contributed by atoms with Crippen LogP contribution in [-0.2, 0) is 0 Å². The number of benzene rings is 1. The van der Waals surface area contributed by atoms with E-state index < -0.39 is 0 Å². The number of likely N-dealkylation sites (tertiary alicyclic amines) is 1. The van der Waals surface area contributed by atoms with Crippen molar-refractivity contribution in [3.05, 3.63) is 59.9 Å². The predicted molar refractivity (Wildman–Crippen MR) is 95.5 cm³/mol. The molecule has 4 rings (SSSR count). The topological polar surface area (TPSA) is 42.4 Å². The number of pyridine rings is 1. The van der Waals surface area contributed by atoms with Gasteiger partial charge in [-0.25, -0.2) is 0 Å². The molecule has 5 heteroatoms. The summed E-state index contributed by atoms with van der Waals surface area (Å²) in [5.74, 6) is 1.94. The molecule has 0 saturated carbocycles. The first-order chi connectivity index (χ1) is 11.6. The molecular formula is C19H20N2O2S. The zero-order valence-corrected chi connectivity index (χ0v) is 14.5. The third kappa shape index (κ3) is 3.00. The van der Waals surface area contributed by atoms with Crippen LogP contribution in [-0.4, -0.2) is 45.5 Å². The quantitative estimate of drug-likeness (QED) is 0.861. The lowest BCUT2D eigenvalue weighted by Crippen LogP contribution is -2.60. The van der Waals surface area contributed by atoms with Crippen LogP contribution in [0.15, 0.2) is 48.8 Å². The summed E-state index contributed by atoms with van der Waals surface area (Å²) in [6.07, 6.45) is 4.70. The number of thioether (sulfide) groups is 1. The van der Waals surface area contributed by atoms with Crippen LogP contribution in [0.1, 0.15) is 22.3 Å². The van der Waals surface area contributed by atoms with Gasteiger partial charge in [-0.05, 0) is 31.2 Å². The highest BCUT2D eigenvalue weighted by Gasteiger charge is 2.51. The van der Waals surface area contributed by atoms with E-state index in [1.54, 1.807) is 12.4 Å². The van der Waals surface area contributed by atoms with Crippen molar-refractivity contribution in [2.24, 2.45) is 0 Å². The highest BCUT2D eigenvalue weighted by atomic mass is 32.2. The number of carbonyl (C=O) groups excluding carboxylic acids is 1. The van der Waals surface area contributed by atoms with Gasteiger partial charge in [-0.2, -0.15) is 0 Å². The van der Waals surface area contributed by atoms with Crippen molar-refractivity contribution in [2.45, 2.75) is 24.2 Å². The molecule has 0 radical (unpaired) electrons. The Bertz CT molecular complexity index is 727. The van der Waals surface area contributed by atoms with Gasteiger partial charge in [0.25, 0.3) is 5.91 Å². The molecule has 2 fully saturated rings. The Balaban J connectivity index is 1.33. The van der Waals surface area contributed by atoms with E-state index in [1.807, 2.05) is 60.0 Å². The number of hydrogen-bond donors (Lipinski definition) is 0. The molecule has 0 unspecified atom stereocenters. The van der Waals surface area contributed by atoms with Crippen LogP contribution >= 0.6 is 11.8 Å². The van der Waals surface area contributed by atoms with Crippen molar-refractivity contribution in [3.63, 3.8) is 0 Å². The van der Waals surface area contributed by atoms with E-state index in [4.69, 9.17) is 4.74 Å². The van der Waals surface area contributed by atoms with Crippen LogP contribution in [0.4, 0.5) is 0 Å². The molecule has 1 aromatic carbocycles. The monoisotopic (exact) mass is 340 g/mol. The number of rotatable bonds is 3. The van der Waals surface area contributed by atoms with E-state index in [-0.39, 0.29) is 16.8 Å². The molecule has 0 N–H and O–H groups in total. The first kappa shape index (κ1) is 15.5. The number of ether oxygens (including phenoxy) is 1. The molecule has 1 aromatic heterocycles. The van der Waals surface area contributed by atoms with Crippen LogP contribution in [0.25, 0.3) is 0 Å². The van der Waals surface area contributed by atoms with Gasteiger partial charge < -0.3 is 9.64 Å². The van der Waals surface area contributed by atoms with Crippen LogP contribution in [0.2, 0.25) is 0 Å². The van der Waals surface area contributed by atoms with Crippen LogP contribution in [0, 0.1) is 6.92 Å². The van der Waals surface area contributed by atoms with Gasteiger partial charge in [-0.15, -0.1) is 11.8 Å². The maximum Gasteiger partial charge on any atom is 0.253 e. The summed E-state index contributed by atoms with van der Waals surface area (Å²) in [6, 6.07) is 11.6. The third-order valence-electron chi connectivity index (χ3n) is 4.66. The lowest BCUT2D eigenvalue weighted by Gasteiger charge is -2.47. The Labute approximate surface area is 146 Å². The van der Waals surface area contributed by atoms with E-state index in [2.05, 4.69) is 4.98 Å². The minimum atomic E-state index is 0.137. The summed E-state index contributed by atoms with van der Waals surface area (Å²) >= 11 is 1.94. The number of carbonyl (C=O) groups is 1. The Kier molecular flexibility index (Phi) is 3.96. The van der Waals surface area contributed by atoms with Gasteiger partial charge >= 0.3 is 0 Å². The summed E-state index contributed by atoms with van der Waals surface area (Å²) < 4.78 is 6.19. The Morgan fingerprint density at radius 3 is 2.79 bits per heavy atom. The molecule has 2 aromatic rings. The molecule has 124 valence electrons. The fourth-order valence-corrected chi connectivity index (χ4v) is 4.90. The number of amides is 1. The Hall–Kier alpha value is -2.01. The minimum Gasteiger partial charge on any atom is -0.488 e. The van der Waals surface area contributed by atoms with E-state index in [0.717, 1.165) is 36.6 Å². The predicted octanol–water partition coefficient (Wildman–Crippen LogP) is 3.17. The van der Waals surface area contributed by atoms with Crippen molar-refractivity contribution < 1.29 is 9.53 Å². The van der Waals surface area contributed by atoms with Gasteiger partial charge in [0.1, 0.15) is 11.9 Å². The molecule has 3 heterocycles. The Morgan fingerprint density at radius 2 is 2.08 bits per heavy atom. The number of aryl methyl sites for hydroxylation is 1. The fraction of sp³-hybridized carbons (Fsp3) is 0.368. The van der Waals surface area contributed by atoms with Crippen molar-refractivity contribution >= 4 is 17.7 Å². The number of aromatic nitrogens is 1. The van der Waals surface area contributed by atoms with E-state index in [0.29, 0.717) is 0 Å². The molecule has 1 spiro atoms. The normalized spacial score (nSPS) is 21.5. The first-order valence-electron chi connectivity index (χ1n) is 8.20. The van der Waals surface area contributed by atoms with Gasteiger partial charge in [-0.3, -0.25) is 9.78 Å². The number of hydrogen-bond acceptors (Lipinski definition) is 4. The maximum absolute atomic E-state index is 12.5. The van der Waals surface area contributed by atoms with Crippen LogP contribution < -0.4 is 4.74 Å². The number of nitrogens with zero attached hydrogens (tertiary/aromatic N) is 2. The molecule has 1 amide bonds. The summed E-state index contributed by atoms with van der Waals surface area (Å²) in [5.41, 5.74) is 1.95. The summed E-state index contributed by atoms with van der Waals surface area (Å²) in [5, 5.41) is 0. The Morgan fingerprint density at radius 1 is 1.29 bits per heavy atom. The standard InChI is InChI=1S/C19H20N2O2S/c1-14-4-6-15(7-5-14)18(22)21-12-19(13-21)9-17(11-24-19)23-16-3-2-8-20-10-16/h2-8,10,17H,9,11-13H2,1H3/t17-/m1/s1. The maximum atomic E-state index is 12.5. The van der Waals surface area contributed by atoms with E-state index in [9.17, 15) is 4.79 Å². The van der Waals surface area contributed by atoms with Gasteiger partial charge in [-0.1, -0.05) is 17.7 Å². The molecule has 0 aliphatic carbocycles. The molecule has 24 heavy (non-hydrogen) atoms. The molecule has 2 saturated heterocycles. The van der Waals surface area contributed by atoms with Crippen molar-refractivity contribution in [1.82, 2.24) is 9.88 Å². The van der Waals surface area contributed by atoms with Crippen LogP contribution in [0.5, 0.6) is 5.75 Å². The fourth-order valence-electron chi connectivity index (χ4n) is 3.38. The van der Waals surface area contributed by atoms with E-state index >= 15 is 0 Å². The van der Waals surface area contributed by atoms with Gasteiger partial charge in [0.2, 0.25) is 0 Å². The largest absolute Gasteiger partial charge is 0.488 e. The van der Waals surface area contributed by atoms with Crippen LogP contribution in [0.3, 0.4) is 0 Å². The SMILES string of the molecule is Cc1ccc(C(=O)N2CC3(C[C@@H](Oc4cccnc4)CS3)C2)cc1. The van der Waals surface area contributed by atoms with Gasteiger partial charge in [0.15, 0.2) is 0 Å². The molecule has 2 aliphatic rings. The lowest BCUT2D eigenvalue weighted by atomic mass is 9.92. The zero-order valence-electron chi connectivity index (χ0n) is 13.6. The van der Waals surface area contributed by atoms with Crippen molar-refractivity contribution in [2.75, 3.05) is 18.8 Å². The third-order valence-corrected chi connectivity index (χ3v) is 6.23. The summed E-state index contributed by atoms with van der Waals surface area (Å²) in [4.78, 5) is 18.6. The van der Waals surface area contributed by atoms with Gasteiger partial charge in [0.05, 0.1) is 10.9 Å². The second-order valence-electron chi connectivity index (χ2n) is 6.65. The average Bonchev–Trinajstić information content (AvgIpc) is 2.99. The second-order valence-corrected chi connectivity index (χ2v) is 8.14. The highest BCUT2D eigenvalue weighted by Crippen LogP contribution is 2.46. The average molecular weight is 340 g/mol. The minimum absolute atomic E-state index is 0.137. The molecule has 4 nitrogen and oxygen atoms in total. The smallest absolute Gasteiger partial charge is 0.253 e. The molecule has 1 atom stereocenters. The summed E-state index contributed by atoms with van der Waals surface area (Å²) in [7, 11) is 0. The van der Waals surface area contributed by atoms with Crippen molar-refractivity contribution in [3.8, 4) is 5.75 Å². The van der Waals surface area contributed by atoms with Gasteiger partial charge in [0, 0.05) is 37.0 Å². The molecular weight excluding hydrogens is 320 g/mol. The molecule has 0 bridgehead atoms. The lowest BCUT2D eigenvalue weighted by molar-refractivity contribution is 0.0518. The zero-order chi connectivity index (χ0) is 16.6. The van der Waals surface area contributed by atoms with Crippen molar-refractivity contribution in [1.29, 1.82) is 0 Å².